The molecule has 0 spiro atoms. The molecule has 19 heavy (non-hydrogen) atoms. The van der Waals surface area contributed by atoms with Gasteiger partial charge in [-0.15, -0.1) is 11.6 Å². The van der Waals surface area contributed by atoms with Gasteiger partial charge in [-0.2, -0.15) is 0 Å². The Bertz CT molecular complexity index is 425. The summed E-state index contributed by atoms with van der Waals surface area (Å²) in [5, 5.41) is 10.9. The van der Waals surface area contributed by atoms with Crippen LogP contribution >= 0.6 is 11.6 Å². The van der Waals surface area contributed by atoms with Gasteiger partial charge in [0.15, 0.2) is 5.75 Å². The lowest BCUT2D eigenvalue weighted by atomic mass is 10.1. The van der Waals surface area contributed by atoms with Gasteiger partial charge in [0.1, 0.15) is 5.75 Å². The number of hydrogen-bond donors (Lipinski definition) is 0. The molecule has 5 nitrogen and oxygen atoms in total. The summed E-state index contributed by atoms with van der Waals surface area (Å²) in [6.07, 6.45) is 1.73. The number of nitro benzene ring substituents is 1. The largest absolute Gasteiger partial charge is 0.496 e. The minimum absolute atomic E-state index is 0.0793. The summed E-state index contributed by atoms with van der Waals surface area (Å²) in [5.41, 5.74) is -0.0793. The SMILES string of the molecule is COc1ccc(OCCC(C)CCCl)c([N+](=O)[O-])c1. The zero-order chi connectivity index (χ0) is 14.3. The van der Waals surface area contributed by atoms with Crippen LogP contribution in [0.4, 0.5) is 5.69 Å². The summed E-state index contributed by atoms with van der Waals surface area (Å²) in [5.74, 6) is 1.76. The van der Waals surface area contributed by atoms with E-state index in [4.69, 9.17) is 21.1 Å². The monoisotopic (exact) mass is 287 g/mol. The van der Waals surface area contributed by atoms with Crippen molar-refractivity contribution in [2.24, 2.45) is 5.92 Å². The van der Waals surface area contributed by atoms with Crippen LogP contribution in [0.3, 0.4) is 0 Å². The van der Waals surface area contributed by atoms with Crippen molar-refractivity contribution < 1.29 is 14.4 Å². The van der Waals surface area contributed by atoms with Crippen LogP contribution in [0, 0.1) is 16.0 Å². The highest BCUT2D eigenvalue weighted by molar-refractivity contribution is 6.17. The van der Waals surface area contributed by atoms with Crippen molar-refractivity contribution in [1.82, 2.24) is 0 Å². The average Bonchev–Trinajstić information content (AvgIpc) is 2.39. The Hall–Kier alpha value is -1.49. The van der Waals surface area contributed by atoms with Gasteiger partial charge in [0.05, 0.1) is 24.7 Å². The highest BCUT2D eigenvalue weighted by atomic mass is 35.5. The molecule has 106 valence electrons. The normalized spacial score (nSPS) is 11.9. The Balaban J connectivity index is 2.64. The van der Waals surface area contributed by atoms with Crippen molar-refractivity contribution in [3.05, 3.63) is 28.3 Å². The van der Waals surface area contributed by atoms with Crippen LogP contribution < -0.4 is 9.47 Å². The molecule has 0 aliphatic rings. The van der Waals surface area contributed by atoms with E-state index in [1.807, 2.05) is 0 Å². The fourth-order valence-electron chi connectivity index (χ4n) is 1.59. The number of nitrogens with zero attached hydrogens (tertiary/aromatic N) is 1. The molecular weight excluding hydrogens is 270 g/mol. The maximum atomic E-state index is 10.9. The molecule has 0 aromatic heterocycles. The zero-order valence-electron chi connectivity index (χ0n) is 11.1. The Kier molecular flexibility index (Phi) is 6.42. The molecule has 0 fully saturated rings. The molecule has 0 aliphatic carbocycles. The first-order valence-corrected chi connectivity index (χ1v) is 6.63. The van der Waals surface area contributed by atoms with Crippen LogP contribution in [-0.4, -0.2) is 24.5 Å². The molecule has 1 aromatic carbocycles. The Morgan fingerprint density at radius 2 is 2.16 bits per heavy atom. The molecule has 1 atom stereocenters. The fraction of sp³-hybridized carbons (Fsp3) is 0.538. The predicted octanol–water partition coefficient (Wildman–Crippen LogP) is 3.64. The van der Waals surface area contributed by atoms with E-state index in [1.165, 1.54) is 13.2 Å². The molecule has 1 unspecified atom stereocenters. The first kappa shape index (κ1) is 15.6. The molecule has 0 saturated heterocycles. The highest BCUT2D eigenvalue weighted by Crippen LogP contribution is 2.31. The molecule has 1 aromatic rings. The van der Waals surface area contributed by atoms with Crippen LogP contribution in [0.5, 0.6) is 11.5 Å². The summed E-state index contributed by atoms with van der Waals surface area (Å²) in [6, 6.07) is 4.56. The molecule has 0 N–H and O–H groups in total. The van der Waals surface area contributed by atoms with Gasteiger partial charge >= 0.3 is 5.69 Å². The van der Waals surface area contributed by atoms with Crippen molar-refractivity contribution in [2.45, 2.75) is 19.8 Å². The van der Waals surface area contributed by atoms with Gasteiger partial charge in [0.25, 0.3) is 0 Å². The molecule has 0 radical (unpaired) electrons. The van der Waals surface area contributed by atoms with E-state index in [1.54, 1.807) is 12.1 Å². The zero-order valence-corrected chi connectivity index (χ0v) is 11.9. The lowest BCUT2D eigenvalue weighted by Crippen LogP contribution is -2.06. The van der Waals surface area contributed by atoms with Gasteiger partial charge in [-0.1, -0.05) is 6.92 Å². The van der Waals surface area contributed by atoms with Crippen molar-refractivity contribution >= 4 is 17.3 Å². The van der Waals surface area contributed by atoms with Crippen molar-refractivity contribution in [3.8, 4) is 11.5 Å². The van der Waals surface area contributed by atoms with E-state index in [0.717, 1.165) is 12.8 Å². The third kappa shape index (κ3) is 4.95. The van der Waals surface area contributed by atoms with Crippen LogP contribution in [0.15, 0.2) is 18.2 Å². The summed E-state index contributed by atoms with van der Waals surface area (Å²) in [4.78, 5) is 10.5. The van der Waals surface area contributed by atoms with Crippen molar-refractivity contribution in [3.63, 3.8) is 0 Å². The van der Waals surface area contributed by atoms with Crippen molar-refractivity contribution in [2.75, 3.05) is 19.6 Å². The van der Waals surface area contributed by atoms with E-state index in [-0.39, 0.29) is 11.4 Å². The van der Waals surface area contributed by atoms with E-state index in [9.17, 15) is 10.1 Å². The molecule has 0 bridgehead atoms. The number of alkyl halides is 1. The summed E-state index contributed by atoms with van der Waals surface area (Å²) in [7, 11) is 1.47. The number of methoxy groups -OCH3 is 1. The van der Waals surface area contributed by atoms with Crippen LogP contribution in [-0.2, 0) is 0 Å². The molecule has 0 aliphatic heterocycles. The van der Waals surface area contributed by atoms with Gasteiger partial charge in [-0.05, 0) is 30.9 Å². The summed E-state index contributed by atoms with van der Waals surface area (Å²) >= 11 is 5.65. The lowest BCUT2D eigenvalue weighted by molar-refractivity contribution is -0.385. The number of ether oxygens (including phenoxy) is 2. The quantitative estimate of drug-likeness (QED) is 0.416. The Morgan fingerprint density at radius 1 is 1.42 bits per heavy atom. The third-order valence-electron chi connectivity index (χ3n) is 2.83. The molecule has 1 rings (SSSR count). The average molecular weight is 288 g/mol. The molecular formula is C13H18ClNO4. The van der Waals surface area contributed by atoms with E-state index >= 15 is 0 Å². The summed E-state index contributed by atoms with van der Waals surface area (Å²) in [6.45, 7) is 2.51. The van der Waals surface area contributed by atoms with Crippen LogP contribution in [0.2, 0.25) is 0 Å². The standard InChI is InChI=1S/C13H18ClNO4/c1-10(5-7-14)6-8-19-13-4-3-11(18-2)9-12(13)15(16)17/h3-4,9-10H,5-8H2,1-2H3. The predicted molar refractivity (Wildman–Crippen MR) is 74.3 cm³/mol. The second-order valence-corrected chi connectivity index (χ2v) is 4.69. The summed E-state index contributed by atoms with van der Waals surface area (Å²) < 4.78 is 10.4. The maximum Gasteiger partial charge on any atom is 0.314 e. The first-order valence-electron chi connectivity index (χ1n) is 6.09. The third-order valence-corrected chi connectivity index (χ3v) is 3.05. The number of benzene rings is 1. The number of hydrogen-bond acceptors (Lipinski definition) is 4. The van der Waals surface area contributed by atoms with E-state index in [0.29, 0.717) is 24.2 Å². The minimum atomic E-state index is -0.472. The second kappa shape index (κ2) is 7.84. The van der Waals surface area contributed by atoms with Gasteiger partial charge < -0.3 is 9.47 Å². The minimum Gasteiger partial charge on any atom is -0.496 e. The highest BCUT2D eigenvalue weighted by Gasteiger charge is 2.16. The van der Waals surface area contributed by atoms with Crippen LogP contribution in [0.1, 0.15) is 19.8 Å². The molecule has 6 heteroatoms. The first-order chi connectivity index (χ1) is 9.08. The second-order valence-electron chi connectivity index (χ2n) is 4.31. The molecule has 0 saturated carbocycles. The Labute approximate surface area is 117 Å². The van der Waals surface area contributed by atoms with E-state index in [2.05, 4.69) is 6.92 Å². The topological polar surface area (TPSA) is 61.6 Å². The molecule has 0 heterocycles. The fourth-order valence-corrected chi connectivity index (χ4v) is 1.96. The Morgan fingerprint density at radius 3 is 2.74 bits per heavy atom. The van der Waals surface area contributed by atoms with Crippen molar-refractivity contribution in [1.29, 1.82) is 0 Å². The van der Waals surface area contributed by atoms with Gasteiger partial charge in [-0.3, -0.25) is 10.1 Å². The van der Waals surface area contributed by atoms with E-state index < -0.39 is 4.92 Å². The number of halogens is 1. The van der Waals surface area contributed by atoms with Gasteiger partial charge in [0, 0.05) is 5.88 Å². The van der Waals surface area contributed by atoms with Crippen LogP contribution in [0.25, 0.3) is 0 Å². The van der Waals surface area contributed by atoms with Gasteiger partial charge in [-0.25, -0.2) is 0 Å². The number of rotatable bonds is 8. The maximum absolute atomic E-state index is 10.9. The lowest BCUT2D eigenvalue weighted by Gasteiger charge is -2.11. The number of nitro groups is 1. The smallest absolute Gasteiger partial charge is 0.314 e. The molecule has 0 amide bonds. The van der Waals surface area contributed by atoms with Gasteiger partial charge in [0.2, 0.25) is 0 Å².